The number of rotatable bonds is 2. The Hall–Kier alpha value is -1.55. The molecule has 2 aromatic carbocycles. The van der Waals surface area contributed by atoms with E-state index in [0.29, 0.717) is 5.69 Å². The summed E-state index contributed by atoms with van der Waals surface area (Å²) in [5.74, 6) is 0.0494. The molecule has 0 heterocycles. The molecule has 2 aromatic rings. The molecule has 0 radical (unpaired) electrons. The third kappa shape index (κ3) is 2.17. The zero-order valence-corrected chi connectivity index (χ0v) is 9.79. The SMILES string of the molecule is CS(=O)(=O)Cc1cccc2c(N)cccc12. The highest BCUT2D eigenvalue weighted by atomic mass is 32.2. The molecule has 0 aliphatic rings. The van der Waals surface area contributed by atoms with Crippen molar-refractivity contribution in [2.75, 3.05) is 12.0 Å². The topological polar surface area (TPSA) is 60.2 Å². The van der Waals surface area contributed by atoms with Gasteiger partial charge in [0.1, 0.15) is 0 Å². The van der Waals surface area contributed by atoms with Crippen molar-refractivity contribution >= 4 is 26.3 Å². The summed E-state index contributed by atoms with van der Waals surface area (Å²) in [5.41, 5.74) is 7.31. The molecule has 0 amide bonds. The van der Waals surface area contributed by atoms with Crippen LogP contribution in [-0.2, 0) is 15.6 Å². The van der Waals surface area contributed by atoms with Gasteiger partial charge in [0.15, 0.2) is 9.84 Å². The fourth-order valence-electron chi connectivity index (χ4n) is 1.81. The molecule has 2 rings (SSSR count). The third-order valence-corrected chi connectivity index (χ3v) is 3.30. The van der Waals surface area contributed by atoms with Crippen molar-refractivity contribution in [2.45, 2.75) is 5.75 Å². The molecule has 16 heavy (non-hydrogen) atoms. The Bertz CT molecular complexity index is 633. The lowest BCUT2D eigenvalue weighted by molar-refractivity contribution is 0.601. The molecule has 0 saturated carbocycles. The van der Waals surface area contributed by atoms with E-state index in [4.69, 9.17) is 5.73 Å². The molecule has 0 spiro atoms. The van der Waals surface area contributed by atoms with Crippen molar-refractivity contribution in [2.24, 2.45) is 0 Å². The fourth-order valence-corrected chi connectivity index (χ4v) is 2.62. The van der Waals surface area contributed by atoms with Crippen molar-refractivity contribution < 1.29 is 8.42 Å². The largest absolute Gasteiger partial charge is 0.398 e. The van der Waals surface area contributed by atoms with Gasteiger partial charge >= 0.3 is 0 Å². The minimum atomic E-state index is -3.02. The Morgan fingerprint density at radius 3 is 2.38 bits per heavy atom. The Kier molecular flexibility index (Phi) is 2.59. The maximum absolute atomic E-state index is 11.3. The van der Waals surface area contributed by atoms with E-state index in [-0.39, 0.29) is 5.75 Å². The molecule has 2 N–H and O–H groups in total. The summed E-state index contributed by atoms with van der Waals surface area (Å²) >= 11 is 0. The zero-order chi connectivity index (χ0) is 11.8. The third-order valence-electron chi connectivity index (χ3n) is 2.46. The molecular formula is C12H13NO2S. The van der Waals surface area contributed by atoms with Crippen molar-refractivity contribution in [1.29, 1.82) is 0 Å². The summed E-state index contributed by atoms with van der Waals surface area (Å²) in [6.45, 7) is 0. The Labute approximate surface area is 94.8 Å². The van der Waals surface area contributed by atoms with Gasteiger partial charge in [-0.15, -0.1) is 0 Å². The highest BCUT2D eigenvalue weighted by molar-refractivity contribution is 7.89. The van der Waals surface area contributed by atoms with Gasteiger partial charge in [-0.3, -0.25) is 0 Å². The van der Waals surface area contributed by atoms with Crippen LogP contribution >= 0.6 is 0 Å². The van der Waals surface area contributed by atoms with Crippen LogP contribution in [0.3, 0.4) is 0 Å². The fraction of sp³-hybridized carbons (Fsp3) is 0.167. The Morgan fingerprint density at radius 2 is 1.69 bits per heavy atom. The molecule has 0 unspecified atom stereocenters. The van der Waals surface area contributed by atoms with Gasteiger partial charge in [0.25, 0.3) is 0 Å². The summed E-state index contributed by atoms with van der Waals surface area (Å²) in [6.07, 6.45) is 1.23. The highest BCUT2D eigenvalue weighted by Gasteiger charge is 2.08. The second-order valence-corrected chi connectivity index (χ2v) is 6.07. The molecule has 0 aromatic heterocycles. The number of sulfone groups is 1. The number of anilines is 1. The van der Waals surface area contributed by atoms with Crippen LogP contribution in [-0.4, -0.2) is 14.7 Å². The Balaban J connectivity index is 2.67. The van der Waals surface area contributed by atoms with Crippen LogP contribution in [0, 0.1) is 0 Å². The molecule has 0 aliphatic carbocycles. The molecule has 0 saturated heterocycles. The van der Waals surface area contributed by atoms with E-state index in [1.807, 2.05) is 36.4 Å². The predicted octanol–water partition coefficient (Wildman–Crippen LogP) is 1.97. The lowest BCUT2D eigenvalue weighted by Crippen LogP contribution is -2.01. The van der Waals surface area contributed by atoms with Crippen LogP contribution < -0.4 is 5.73 Å². The van der Waals surface area contributed by atoms with Gasteiger partial charge in [0, 0.05) is 17.3 Å². The summed E-state index contributed by atoms with van der Waals surface area (Å²) in [6, 6.07) is 11.1. The monoisotopic (exact) mass is 235 g/mol. The maximum Gasteiger partial charge on any atom is 0.151 e. The average Bonchev–Trinajstić information content (AvgIpc) is 2.17. The van der Waals surface area contributed by atoms with E-state index in [2.05, 4.69) is 0 Å². The van der Waals surface area contributed by atoms with Gasteiger partial charge in [-0.1, -0.05) is 30.3 Å². The first kappa shape index (κ1) is 11.0. The first-order valence-corrected chi connectivity index (χ1v) is 6.97. The van der Waals surface area contributed by atoms with Gasteiger partial charge < -0.3 is 5.73 Å². The molecule has 0 bridgehead atoms. The van der Waals surface area contributed by atoms with Crippen LogP contribution in [0.2, 0.25) is 0 Å². The van der Waals surface area contributed by atoms with Crippen molar-refractivity contribution in [3.63, 3.8) is 0 Å². The number of benzene rings is 2. The molecule has 0 fully saturated rings. The predicted molar refractivity (Wildman–Crippen MR) is 66.9 cm³/mol. The molecule has 4 heteroatoms. The Morgan fingerprint density at radius 1 is 1.06 bits per heavy atom. The van der Waals surface area contributed by atoms with E-state index in [0.717, 1.165) is 16.3 Å². The van der Waals surface area contributed by atoms with Gasteiger partial charge in [-0.05, 0) is 17.0 Å². The van der Waals surface area contributed by atoms with Crippen molar-refractivity contribution in [1.82, 2.24) is 0 Å². The summed E-state index contributed by atoms with van der Waals surface area (Å²) < 4.78 is 22.6. The standard InChI is InChI=1S/C12H13NO2S/c1-16(14,15)8-9-4-2-6-11-10(9)5-3-7-12(11)13/h2-7H,8,13H2,1H3. The highest BCUT2D eigenvalue weighted by Crippen LogP contribution is 2.25. The summed E-state index contributed by atoms with van der Waals surface area (Å²) in [4.78, 5) is 0. The molecular weight excluding hydrogens is 222 g/mol. The second kappa shape index (κ2) is 3.79. The minimum Gasteiger partial charge on any atom is -0.398 e. The van der Waals surface area contributed by atoms with Crippen LogP contribution in [0.15, 0.2) is 36.4 Å². The average molecular weight is 235 g/mol. The molecule has 0 atom stereocenters. The van der Waals surface area contributed by atoms with E-state index in [1.165, 1.54) is 6.26 Å². The van der Waals surface area contributed by atoms with Crippen molar-refractivity contribution in [3.05, 3.63) is 42.0 Å². The van der Waals surface area contributed by atoms with E-state index in [1.54, 1.807) is 0 Å². The van der Waals surface area contributed by atoms with E-state index in [9.17, 15) is 8.42 Å². The lowest BCUT2D eigenvalue weighted by atomic mass is 10.0. The van der Waals surface area contributed by atoms with Crippen molar-refractivity contribution in [3.8, 4) is 0 Å². The number of fused-ring (bicyclic) bond motifs is 1. The molecule has 3 nitrogen and oxygen atoms in total. The summed E-state index contributed by atoms with van der Waals surface area (Å²) in [5, 5.41) is 1.82. The quantitative estimate of drug-likeness (QED) is 0.809. The lowest BCUT2D eigenvalue weighted by Gasteiger charge is -2.07. The van der Waals surface area contributed by atoms with E-state index < -0.39 is 9.84 Å². The zero-order valence-electron chi connectivity index (χ0n) is 8.97. The van der Waals surface area contributed by atoms with Crippen LogP contribution in [0.25, 0.3) is 10.8 Å². The first-order valence-electron chi connectivity index (χ1n) is 4.91. The van der Waals surface area contributed by atoms with Gasteiger partial charge in [0.2, 0.25) is 0 Å². The maximum atomic E-state index is 11.3. The number of nitrogens with two attached hydrogens (primary N) is 1. The molecule has 0 aliphatic heterocycles. The van der Waals surface area contributed by atoms with Gasteiger partial charge in [-0.2, -0.15) is 0 Å². The molecule has 84 valence electrons. The summed E-state index contributed by atoms with van der Waals surface area (Å²) in [7, 11) is -3.02. The van der Waals surface area contributed by atoms with Crippen LogP contribution in [0.4, 0.5) is 5.69 Å². The number of hydrogen-bond donors (Lipinski definition) is 1. The smallest absolute Gasteiger partial charge is 0.151 e. The van der Waals surface area contributed by atoms with Gasteiger partial charge in [-0.25, -0.2) is 8.42 Å². The number of nitrogen functional groups attached to an aromatic ring is 1. The minimum absolute atomic E-state index is 0.0494. The number of hydrogen-bond acceptors (Lipinski definition) is 3. The first-order chi connectivity index (χ1) is 7.47. The van der Waals surface area contributed by atoms with Crippen LogP contribution in [0.1, 0.15) is 5.56 Å². The second-order valence-electron chi connectivity index (χ2n) is 3.93. The van der Waals surface area contributed by atoms with Crippen LogP contribution in [0.5, 0.6) is 0 Å². The van der Waals surface area contributed by atoms with E-state index >= 15 is 0 Å². The normalized spacial score (nSPS) is 11.8. The van der Waals surface area contributed by atoms with Gasteiger partial charge in [0.05, 0.1) is 5.75 Å².